The highest BCUT2D eigenvalue weighted by Gasteiger charge is 2.29. The first-order valence-corrected chi connectivity index (χ1v) is 6.85. The number of nitrogens with one attached hydrogen (secondary N) is 1. The lowest BCUT2D eigenvalue weighted by Gasteiger charge is -2.33. The summed E-state index contributed by atoms with van der Waals surface area (Å²) in [6.45, 7) is 7.08. The number of nitrogens with zero attached hydrogens (tertiary/aromatic N) is 2. The second-order valence-electron chi connectivity index (χ2n) is 4.97. The molecule has 0 saturated carbocycles. The van der Waals surface area contributed by atoms with E-state index in [2.05, 4.69) is 24.1 Å². The van der Waals surface area contributed by atoms with Crippen LogP contribution in [0.15, 0.2) is 24.3 Å². The van der Waals surface area contributed by atoms with Gasteiger partial charge in [-0.15, -0.1) is 0 Å². The van der Waals surface area contributed by atoms with Crippen molar-refractivity contribution in [2.75, 3.05) is 19.6 Å². The van der Waals surface area contributed by atoms with Gasteiger partial charge in [-0.2, -0.15) is 0 Å². The molecule has 1 aliphatic rings. The molecule has 1 N–H and O–H groups in total. The smallest absolute Gasteiger partial charge is 0.274 e. The monoisotopic (exact) mass is 263 g/mol. The molecule has 0 bridgehead atoms. The van der Waals surface area contributed by atoms with E-state index in [9.17, 15) is 10.1 Å². The van der Waals surface area contributed by atoms with Gasteiger partial charge in [0.1, 0.15) is 0 Å². The van der Waals surface area contributed by atoms with Gasteiger partial charge in [-0.25, -0.2) is 0 Å². The Bertz CT molecular complexity index is 444. The first-order chi connectivity index (χ1) is 9.15. The number of hydrogen-bond donors (Lipinski definition) is 1. The Morgan fingerprint density at radius 2 is 2.26 bits per heavy atom. The summed E-state index contributed by atoms with van der Waals surface area (Å²) in [5.41, 5.74) is 1.03. The van der Waals surface area contributed by atoms with Crippen LogP contribution in [-0.4, -0.2) is 35.5 Å². The molecule has 1 saturated heterocycles. The molecule has 0 spiro atoms. The summed E-state index contributed by atoms with van der Waals surface area (Å²) in [6, 6.07) is 7.60. The standard InChI is InChI=1S/C14H21N3O2/c1-3-16(12-8-9-15-10-12)11(2)13-6-4-5-7-14(13)17(18)19/h4-7,11-12,15H,3,8-10H2,1-2H3. The van der Waals surface area contributed by atoms with Crippen LogP contribution in [0.25, 0.3) is 0 Å². The van der Waals surface area contributed by atoms with E-state index in [-0.39, 0.29) is 16.7 Å². The van der Waals surface area contributed by atoms with Gasteiger partial charge in [-0.1, -0.05) is 25.1 Å². The van der Waals surface area contributed by atoms with Gasteiger partial charge in [-0.05, 0) is 26.4 Å². The van der Waals surface area contributed by atoms with Crippen LogP contribution in [0.4, 0.5) is 5.69 Å². The molecule has 0 amide bonds. The van der Waals surface area contributed by atoms with Gasteiger partial charge in [0.15, 0.2) is 0 Å². The maximum Gasteiger partial charge on any atom is 0.274 e. The number of likely N-dealkylation sites (N-methyl/N-ethyl adjacent to an activating group) is 1. The van der Waals surface area contributed by atoms with E-state index in [1.165, 1.54) is 0 Å². The molecule has 1 fully saturated rings. The number of rotatable bonds is 5. The Kier molecular flexibility index (Phi) is 4.50. The quantitative estimate of drug-likeness (QED) is 0.654. The molecule has 1 aliphatic heterocycles. The van der Waals surface area contributed by atoms with Gasteiger partial charge in [0.2, 0.25) is 0 Å². The minimum Gasteiger partial charge on any atom is -0.315 e. The number of nitro groups is 1. The fraction of sp³-hybridized carbons (Fsp3) is 0.571. The Morgan fingerprint density at radius 3 is 2.84 bits per heavy atom. The molecule has 19 heavy (non-hydrogen) atoms. The lowest BCUT2D eigenvalue weighted by molar-refractivity contribution is -0.386. The summed E-state index contributed by atoms with van der Waals surface area (Å²) in [5, 5.41) is 14.5. The van der Waals surface area contributed by atoms with Crippen molar-refractivity contribution in [1.29, 1.82) is 0 Å². The average Bonchev–Trinajstić information content (AvgIpc) is 2.93. The molecule has 2 unspecified atom stereocenters. The SMILES string of the molecule is CCN(C1CCNC1)C(C)c1ccccc1[N+](=O)[O-]. The lowest BCUT2D eigenvalue weighted by atomic mass is 10.0. The minimum absolute atomic E-state index is 0.0662. The van der Waals surface area contributed by atoms with Gasteiger partial charge in [0.25, 0.3) is 5.69 Å². The zero-order valence-corrected chi connectivity index (χ0v) is 11.5. The summed E-state index contributed by atoms with van der Waals surface area (Å²) >= 11 is 0. The third-order valence-corrected chi connectivity index (χ3v) is 3.95. The highest BCUT2D eigenvalue weighted by Crippen LogP contribution is 2.30. The number of hydrogen-bond acceptors (Lipinski definition) is 4. The second-order valence-corrected chi connectivity index (χ2v) is 4.97. The number of nitro benzene ring substituents is 1. The van der Waals surface area contributed by atoms with E-state index in [1.54, 1.807) is 12.1 Å². The van der Waals surface area contributed by atoms with E-state index in [1.807, 2.05) is 12.1 Å². The Hall–Kier alpha value is -1.46. The van der Waals surface area contributed by atoms with Crippen molar-refractivity contribution in [2.24, 2.45) is 0 Å². The number of benzene rings is 1. The third-order valence-electron chi connectivity index (χ3n) is 3.95. The highest BCUT2D eigenvalue weighted by molar-refractivity contribution is 5.41. The summed E-state index contributed by atoms with van der Waals surface area (Å²) in [5.74, 6) is 0. The second kappa shape index (κ2) is 6.12. The molecule has 1 heterocycles. The van der Waals surface area contributed by atoms with Crippen LogP contribution in [0.5, 0.6) is 0 Å². The molecule has 0 radical (unpaired) electrons. The van der Waals surface area contributed by atoms with Crippen molar-refractivity contribution >= 4 is 5.69 Å². The van der Waals surface area contributed by atoms with Crippen molar-refractivity contribution in [2.45, 2.75) is 32.4 Å². The van der Waals surface area contributed by atoms with Gasteiger partial charge < -0.3 is 5.32 Å². The molecule has 2 rings (SSSR count). The van der Waals surface area contributed by atoms with E-state index < -0.39 is 0 Å². The third kappa shape index (κ3) is 2.93. The van der Waals surface area contributed by atoms with Crippen LogP contribution in [0.3, 0.4) is 0 Å². The summed E-state index contributed by atoms with van der Waals surface area (Å²) < 4.78 is 0. The largest absolute Gasteiger partial charge is 0.315 e. The normalized spacial score (nSPS) is 20.7. The topological polar surface area (TPSA) is 58.4 Å². The van der Waals surface area contributed by atoms with Crippen LogP contribution in [0.1, 0.15) is 31.9 Å². The molecule has 1 aromatic carbocycles. The fourth-order valence-corrected chi connectivity index (χ4v) is 2.96. The molecular formula is C14H21N3O2. The molecule has 0 aromatic heterocycles. The molecule has 104 valence electrons. The molecule has 2 atom stereocenters. The average molecular weight is 263 g/mol. The molecule has 5 heteroatoms. The first-order valence-electron chi connectivity index (χ1n) is 6.85. The van der Waals surface area contributed by atoms with E-state index >= 15 is 0 Å². The predicted molar refractivity (Wildman–Crippen MR) is 75.2 cm³/mol. The van der Waals surface area contributed by atoms with Gasteiger partial charge in [0.05, 0.1) is 4.92 Å². The van der Waals surface area contributed by atoms with Crippen molar-refractivity contribution in [3.63, 3.8) is 0 Å². The van der Waals surface area contributed by atoms with Gasteiger partial charge >= 0.3 is 0 Å². The first kappa shape index (κ1) is 14.0. The maximum absolute atomic E-state index is 11.1. The summed E-state index contributed by atoms with van der Waals surface area (Å²) in [7, 11) is 0. The Labute approximate surface area is 113 Å². The van der Waals surface area contributed by atoms with Crippen molar-refractivity contribution in [1.82, 2.24) is 10.2 Å². The van der Waals surface area contributed by atoms with Gasteiger partial charge in [0, 0.05) is 30.3 Å². The predicted octanol–water partition coefficient (Wildman–Crippen LogP) is 2.34. The van der Waals surface area contributed by atoms with E-state index in [4.69, 9.17) is 0 Å². The Morgan fingerprint density at radius 1 is 1.53 bits per heavy atom. The molecule has 5 nitrogen and oxygen atoms in total. The van der Waals surface area contributed by atoms with Crippen molar-refractivity contribution in [3.05, 3.63) is 39.9 Å². The van der Waals surface area contributed by atoms with Crippen LogP contribution >= 0.6 is 0 Å². The molecule has 1 aromatic rings. The highest BCUT2D eigenvalue weighted by atomic mass is 16.6. The van der Waals surface area contributed by atoms with E-state index in [0.717, 1.165) is 31.6 Å². The molecular weight excluding hydrogens is 242 g/mol. The van der Waals surface area contributed by atoms with Crippen LogP contribution in [-0.2, 0) is 0 Å². The number of para-hydroxylation sites is 1. The summed E-state index contributed by atoms with van der Waals surface area (Å²) in [6.07, 6.45) is 1.11. The minimum atomic E-state index is -0.285. The summed E-state index contributed by atoms with van der Waals surface area (Å²) in [4.78, 5) is 13.2. The molecule has 0 aliphatic carbocycles. The maximum atomic E-state index is 11.1. The van der Waals surface area contributed by atoms with Crippen LogP contribution in [0.2, 0.25) is 0 Å². The zero-order chi connectivity index (χ0) is 13.8. The van der Waals surface area contributed by atoms with Crippen molar-refractivity contribution < 1.29 is 4.92 Å². The fourth-order valence-electron chi connectivity index (χ4n) is 2.96. The Balaban J connectivity index is 2.26. The van der Waals surface area contributed by atoms with E-state index in [0.29, 0.717) is 6.04 Å². The lowest BCUT2D eigenvalue weighted by Crippen LogP contribution is -2.38. The van der Waals surface area contributed by atoms with Crippen LogP contribution < -0.4 is 5.32 Å². The van der Waals surface area contributed by atoms with Crippen molar-refractivity contribution in [3.8, 4) is 0 Å². The zero-order valence-electron chi connectivity index (χ0n) is 11.5. The van der Waals surface area contributed by atoms with Crippen LogP contribution in [0, 0.1) is 10.1 Å². The van der Waals surface area contributed by atoms with Gasteiger partial charge in [-0.3, -0.25) is 15.0 Å².